The summed E-state index contributed by atoms with van der Waals surface area (Å²) in [5.74, 6) is 1.38. The van der Waals surface area contributed by atoms with Crippen molar-refractivity contribution >= 4 is 17.4 Å². The van der Waals surface area contributed by atoms with Crippen molar-refractivity contribution in [3.05, 3.63) is 59.8 Å². The molecule has 0 atom stereocenters. The lowest BCUT2D eigenvalue weighted by Crippen LogP contribution is -2.37. The number of hydrogen-bond donors (Lipinski definition) is 0. The van der Waals surface area contributed by atoms with Crippen LogP contribution < -0.4 is 14.2 Å². The third-order valence-corrected chi connectivity index (χ3v) is 5.59. The Morgan fingerprint density at radius 1 is 0.839 bits per heavy atom. The Bertz CT molecular complexity index is 993. The fraction of sp³-hybridized carbons (Fsp3) is 0.333. The molecule has 1 saturated heterocycles. The largest absolute Gasteiger partial charge is 0.497 e. The molecular weight excluding hydrogens is 396 g/mol. The molecule has 0 radical (unpaired) electrons. The van der Waals surface area contributed by atoms with Gasteiger partial charge < -0.3 is 19.1 Å². The molecular formula is C24H26N2O5. The molecule has 2 heterocycles. The summed E-state index contributed by atoms with van der Waals surface area (Å²) < 4.78 is 16.4. The van der Waals surface area contributed by atoms with Crippen LogP contribution >= 0.6 is 0 Å². The third kappa shape index (κ3) is 4.08. The van der Waals surface area contributed by atoms with Crippen LogP contribution in [0, 0.1) is 0 Å². The summed E-state index contributed by atoms with van der Waals surface area (Å²) in [4.78, 5) is 30.0. The van der Waals surface area contributed by atoms with Gasteiger partial charge in [-0.05, 0) is 43.2 Å². The number of imide groups is 1. The van der Waals surface area contributed by atoms with Gasteiger partial charge in [0.25, 0.3) is 11.8 Å². The molecule has 0 bridgehead atoms. The molecule has 2 aromatic carbocycles. The number of para-hydroxylation sites is 1. The second-order valence-corrected chi connectivity index (χ2v) is 7.40. The van der Waals surface area contributed by atoms with Gasteiger partial charge in [-0.15, -0.1) is 0 Å². The number of methoxy groups -OCH3 is 2. The summed E-state index contributed by atoms with van der Waals surface area (Å²) in [6, 6.07) is 14.5. The standard InChI is InChI=1S/C24H26N2O5/c1-29-17-9-11-18(12-10-17)31-16-15-26-23(27)21(19-7-3-4-8-20(19)30-2)22(24(26)28)25-13-5-6-14-25/h3-4,7-12H,5-6,13-16H2,1-2H3. The number of carbonyl (C=O) groups excluding carboxylic acids is 2. The Kier molecular flexibility index (Phi) is 6.11. The van der Waals surface area contributed by atoms with Gasteiger partial charge in [-0.25, -0.2) is 0 Å². The summed E-state index contributed by atoms with van der Waals surface area (Å²) in [5, 5.41) is 0. The quantitative estimate of drug-likeness (QED) is 0.610. The zero-order valence-electron chi connectivity index (χ0n) is 17.8. The van der Waals surface area contributed by atoms with Gasteiger partial charge >= 0.3 is 0 Å². The van der Waals surface area contributed by atoms with E-state index in [9.17, 15) is 9.59 Å². The van der Waals surface area contributed by atoms with Crippen molar-refractivity contribution in [3.8, 4) is 17.2 Å². The predicted octanol–water partition coefficient (Wildman–Crippen LogP) is 2.96. The van der Waals surface area contributed by atoms with Gasteiger partial charge in [-0.2, -0.15) is 0 Å². The number of amides is 2. The van der Waals surface area contributed by atoms with Gasteiger partial charge in [0, 0.05) is 18.7 Å². The van der Waals surface area contributed by atoms with Gasteiger partial charge in [0.15, 0.2) is 0 Å². The highest BCUT2D eigenvalue weighted by Gasteiger charge is 2.42. The SMILES string of the molecule is COc1ccc(OCCN2C(=O)C(c3ccccc3OC)=C(N3CCCC3)C2=O)cc1. The molecule has 0 aromatic heterocycles. The number of likely N-dealkylation sites (tertiary alicyclic amines) is 1. The number of benzene rings is 2. The van der Waals surface area contributed by atoms with E-state index in [1.165, 1.54) is 4.90 Å². The van der Waals surface area contributed by atoms with Gasteiger partial charge in [0.2, 0.25) is 0 Å². The van der Waals surface area contributed by atoms with Crippen LogP contribution in [-0.4, -0.2) is 62.1 Å². The van der Waals surface area contributed by atoms with E-state index in [1.807, 2.05) is 23.1 Å². The number of ether oxygens (including phenoxy) is 3. The highest BCUT2D eigenvalue weighted by Crippen LogP contribution is 2.37. The van der Waals surface area contributed by atoms with E-state index < -0.39 is 0 Å². The average Bonchev–Trinajstić information content (AvgIpc) is 3.41. The molecule has 2 aliphatic heterocycles. The molecule has 2 amide bonds. The minimum Gasteiger partial charge on any atom is -0.497 e. The zero-order chi connectivity index (χ0) is 21.8. The molecule has 2 aromatic rings. The van der Waals surface area contributed by atoms with Crippen LogP contribution in [0.25, 0.3) is 5.57 Å². The fourth-order valence-corrected chi connectivity index (χ4v) is 4.02. The molecule has 7 nitrogen and oxygen atoms in total. The molecule has 0 N–H and O–H groups in total. The van der Waals surface area contributed by atoms with Crippen LogP contribution in [0.4, 0.5) is 0 Å². The first-order chi connectivity index (χ1) is 15.1. The van der Waals surface area contributed by atoms with Gasteiger partial charge in [-0.3, -0.25) is 14.5 Å². The van der Waals surface area contributed by atoms with Crippen molar-refractivity contribution in [2.24, 2.45) is 0 Å². The molecule has 0 aliphatic carbocycles. The molecule has 4 rings (SSSR count). The molecule has 31 heavy (non-hydrogen) atoms. The molecule has 7 heteroatoms. The van der Waals surface area contributed by atoms with Crippen LogP contribution in [-0.2, 0) is 9.59 Å². The van der Waals surface area contributed by atoms with Crippen molar-refractivity contribution in [1.29, 1.82) is 0 Å². The minimum absolute atomic E-state index is 0.166. The Balaban J connectivity index is 1.56. The number of nitrogens with zero attached hydrogens (tertiary/aromatic N) is 2. The van der Waals surface area contributed by atoms with Gasteiger partial charge in [-0.1, -0.05) is 18.2 Å². The summed E-state index contributed by atoms with van der Waals surface area (Å²) >= 11 is 0. The summed E-state index contributed by atoms with van der Waals surface area (Å²) in [5.41, 5.74) is 1.52. The maximum atomic E-state index is 13.4. The second-order valence-electron chi connectivity index (χ2n) is 7.40. The summed E-state index contributed by atoms with van der Waals surface area (Å²) in [7, 11) is 3.17. The topological polar surface area (TPSA) is 68.3 Å². The first-order valence-corrected chi connectivity index (χ1v) is 10.4. The van der Waals surface area contributed by atoms with E-state index in [-0.39, 0.29) is 25.0 Å². The Morgan fingerprint density at radius 2 is 1.52 bits per heavy atom. The Morgan fingerprint density at radius 3 is 2.19 bits per heavy atom. The maximum Gasteiger partial charge on any atom is 0.277 e. The zero-order valence-corrected chi connectivity index (χ0v) is 17.8. The molecule has 162 valence electrons. The first kappa shape index (κ1) is 20.8. The van der Waals surface area contributed by atoms with E-state index >= 15 is 0 Å². The molecule has 0 saturated carbocycles. The average molecular weight is 422 g/mol. The van der Waals surface area contributed by atoms with Crippen molar-refractivity contribution in [3.63, 3.8) is 0 Å². The predicted molar refractivity (Wildman–Crippen MR) is 116 cm³/mol. The lowest BCUT2D eigenvalue weighted by Gasteiger charge is -2.20. The highest BCUT2D eigenvalue weighted by molar-refractivity contribution is 6.36. The molecule has 0 spiro atoms. The van der Waals surface area contributed by atoms with Crippen LogP contribution in [0.3, 0.4) is 0 Å². The molecule has 2 aliphatic rings. The highest BCUT2D eigenvalue weighted by atomic mass is 16.5. The lowest BCUT2D eigenvalue weighted by atomic mass is 10.0. The molecule has 0 unspecified atom stereocenters. The van der Waals surface area contributed by atoms with E-state index in [4.69, 9.17) is 14.2 Å². The van der Waals surface area contributed by atoms with E-state index in [0.29, 0.717) is 28.3 Å². The van der Waals surface area contributed by atoms with E-state index in [1.54, 1.807) is 44.6 Å². The van der Waals surface area contributed by atoms with Crippen molar-refractivity contribution in [2.75, 3.05) is 40.5 Å². The minimum atomic E-state index is -0.310. The summed E-state index contributed by atoms with van der Waals surface area (Å²) in [6.07, 6.45) is 2.01. The smallest absolute Gasteiger partial charge is 0.277 e. The lowest BCUT2D eigenvalue weighted by molar-refractivity contribution is -0.137. The summed E-state index contributed by atoms with van der Waals surface area (Å²) in [6.45, 7) is 1.91. The first-order valence-electron chi connectivity index (χ1n) is 10.4. The fourth-order valence-electron chi connectivity index (χ4n) is 4.02. The van der Waals surface area contributed by atoms with Gasteiger partial charge in [0.1, 0.15) is 29.6 Å². The Labute approximate surface area is 181 Å². The van der Waals surface area contributed by atoms with Crippen LogP contribution in [0.2, 0.25) is 0 Å². The Hall–Kier alpha value is -3.48. The van der Waals surface area contributed by atoms with Gasteiger partial charge in [0.05, 0.1) is 26.3 Å². The number of rotatable bonds is 8. The number of carbonyl (C=O) groups is 2. The van der Waals surface area contributed by atoms with Crippen molar-refractivity contribution in [2.45, 2.75) is 12.8 Å². The third-order valence-electron chi connectivity index (χ3n) is 5.59. The normalized spacial score (nSPS) is 16.3. The van der Waals surface area contributed by atoms with Crippen LogP contribution in [0.15, 0.2) is 54.2 Å². The second kappa shape index (κ2) is 9.12. The van der Waals surface area contributed by atoms with E-state index in [0.717, 1.165) is 31.7 Å². The van der Waals surface area contributed by atoms with Crippen LogP contribution in [0.5, 0.6) is 17.2 Å². The van der Waals surface area contributed by atoms with Crippen LogP contribution in [0.1, 0.15) is 18.4 Å². The molecule has 1 fully saturated rings. The van der Waals surface area contributed by atoms with Crippen molar-refractivity contribution < 1.29 is 23.8 Å². The van der Waals surface area contributed by atoms with E-state index in [2.05, 4.69) is 0 Å². The number of hydrogen-bond acceptors (Lipinski definition) is 6. The van der Waals surface area contributed by atoms with Crippen molar-refractivity contribution in [1.82, 2.24) is 9.80 Å². The monoisotopic (exact) mass is 422 g/mol. The maximum absolute atomic E-state index is 13.4.